The number of oxazole rings is 1. The van der Waals surface area contributed by atoms with E-state index < -0.39 is 7.60 Å². The topological polar surface area (TPSA) is 136 Å². The van der Waals surface area contributed by atoms with Crippen LogP contribution in [0.4, 0.5) is 5.82 Å². The van der Waals surface area contributed by atoms with Crippen LogP contribution in [0.3, 0.4) is 0 Å². The summed E-state index contributed by atoms with van der Waals surface area (Å²) in [5.41, 5.74) is 2.93. The largest absolute Gasteiger partial charge is 0.493 e. The molecule has 0 fully saturated rings. The van der Waals surface area contributed by atoms with Gasteiger partial charge < -0.3 is 33.0 Å². The Morgan fingerprint density at radius 1 is 1.10 bits per heavy atom. The van der Waals surface area contributed by atoms with Crippen LogP contribution in [0.2, 0.25) is 0 Å². The number of furan rings is 1. The smallest absolute Gasteiger partial charge is 0.349 e. The zero-order chi connectivity index (χ0) is 29.0. The molecule has 0 bridgehead atoms. The van der Waals surface area contributed by atoms with Crippen LogP contribution in [-0.4, -0.2) is 38.7 Å². The van der Waals surface area contributed by atoms with Gasteiger partial charge in [-0.25, -0.2) is 9.67 Å². The van der Waals surface area contributed by atoms with Crippen LogP contribution in [0.15, 0.2) is 87.8 Å². The number of hydrogen-bond donors (Lipinski definition) is 2. The maximum atomic E-state index is 11.5. The molecule has 2 N–H and O–H groups in total. The highest BCUT2D eigenvalue weighted by molar-refractivity contribution is 7.55. The minimum absolute atomic E-state index is 0.178. The fourth-order valence-electron chi connectivity index (χ4n) is 4.17. The van der Waals surface area contributed by atoms with E-state index in [2.05, 4.69) is 10.1 Å². The van der Waals surface area contributed by atoms with Gasteiger partial charge in [-0.15, -0.1) is 5.10 Å². The molecule has 3 aromatic heterocycles. The van der Waals surface area contributed by atoms with Crippen molar-refractivity contribution in [1.82, 2.24) is 14.8 Å². The Balaban J connectivity index is 1.33. The molecule has 5 aromatic rings. The minimum Gasteiger partial charge on any atom is -0.493 e. The first kappa shape index (κ1) is 28.0. The number of aromatic nitrogens is 3. The van der Waals surface area contributed by atoms with Gasteiger partial charge >= 0.3 is 7.60 Å². The summed E-state index contributed by atoms with van der Waals surface area (Å²) in [6.07, 6.45) is 4.68. The van der Waals surface area contributed by atoms with E-state index in [0.29, 0.717) is 52.5 Å². The third-order valence-corrected chi connectivity index (χ3v) is 6.73. The lowest BCUT2D eigenvalue weighted by Gasteiger charge is -2.19. The fraction of sp³-hybridized carbons (Fsp3) is 0.172. The van der Waals surface area contributed by atoms with E-state index in [1.165, 1.54) is 6.08 Å². The number of aryl methyl sites for hydroxylation is 1. The zero-order valence-electron chi connectivity index (χ0n) is 22.7. The molecular weight excluding hydrogens is 547 g/mol. The van der Waals surface area contributed by atoms with E-state index in [0.717, 1.165) is 17.1 Å². The Labute approximate surface area is 236 Å². The lowest BCUT2D eigenvalue weighted by atomic mass is 10.2. The van der Waals surface area contributed by atoms with E-state index in [1.54, 1.807) is 36.4 Å². The normalized spacial score (nSPS) is 11.7. The van der Waals surface area contributed by atoms with Crippen LogP contribution in [0.25, 0.3) is 23.4 Å². The molecule has 5 rings (SSSR count). The lowest BCUT2D eigenvalue weighted by molar-refractivity contribution is 0.279. The molecule has 0 atom stereocenters. The maximum Gasteiger partial charge on any atom is 0.349 e. The van der Waals surface area contributed by atoms with Gasteiger partial charge in [-0.05, 0) is 55.0 Å². The SMILES string of the molecule is COc1cc(CN(C)c2nn(-c3ccccc3)cc2C=CP(=O)(O)O)ccc1OCc1nc(-c2ccco2)oc1C. The van der Waals surface area contributed by atoms with E-state index in [9.17, 15) is 14.4 Å². The van der Waals surface area contributed by atoms with Gasteiger partial charge in [-0.1, -0.05) is 24.3 Å². The number of anilines is 1. The van der Waals surface area contributed by atoms with Crippen LogP contribution in [0.5, 0.6) is 11.5 Å². The monoisotopic (exact) mass is 576 g/mol. The molecule has 3 heterocycles. The van der Waals surface area contributed by atoms with Crippen LogP contribution in [-0.2, 0) is 17.7 Å². The van der Waals surface area contributed by atoms with Crippen molar-refractivity contribution in [3.05, 3.63) is 102 Å². The maximum absolute atomic E-state index is 11.5. The molecule has 12 heteroatoms. The van der Waals surface area contributed by atoms with Gasteiger partial charge in [-0.3, -0.25) is 4.57 Å². The van der Waals surface area contributed by atoms with Crippen LogP contribution < -0.4 is 14.4 Å². The summed E-state index contributed by atoms with van der Waals surface area (Å²) in [6, 6.07) is 18.6. The summed E-state index contributed by atoms with van der Waals surface area (Å²) in [7, 11) is -0.929. The highest BCUT2D eigenvalue weighted by atomic mass is 31.2. The number of hydrogen-bond acceptors (Lipinski definition) is 8. The molecule has 0 saturated heterocycles. The molecule has 41 heavy (non-hydrogen) atoms. The second-order valence-electron chi connectivity index (χ2n) is 9.22. The molecule has 0 amide bonds. The third-order valence-electron chi connectivity index (χ3n) is 6.19. The molecule has 0 aliphatic heterocycles. The van der Waals surface area contributed by atoms with Crippen molar-refractivity contribution in [2.45, 2.75) is 20.1 Å². The average molecular weight is 577 g/mol. The number of rotatable bonds is 11. The van der Waals surface area contributed by atoms with Gasteiger partial charge in [0.05, 0.1) is 19.1 Å². The second kappa shape index (κ2) is 11.9. The Morgan fingerprint density at radius 2 is 1.90 bits per heavy atom. The van der Waals surface area contributed by atoms with Gasteiger partial charge in [0.25, 0.3) is 5.89 Å². The van der Waals surface area contributed by atoms with Crippen LogP contribution >= 0.6 is 7.60 Å². The van der Waals surface area contributed by atoms with Gasteiger partial charge in [0.1, 0.15) is 18.1 Å². The molecule has 212 valence electrons. The summed E-state index contributed by atoms with van der Waals surface area (Å²) < 4.78 is 35.9. The van der Waals surface area contributed by atoms with Crippen molar-refractivity contribution in [1.29, 1.82) is 0 Å². The highest BCUT2D eigenvalue weighted by Crippen LogP contribution is 2.38. The first-order valence-corrected chi connectivity index (χ1v) is 14.3. The number of ether oxygens (including phenoxy) is 2. The van der Waals surface area contributed by atoms with Gasteiger partial charge in [0.15, 0.2) is 23.1 Å². The predicted molar refractivity (Wildman–Crippen MR) is 153 cm³/mol. The number of nitrogens with zero attached hydrogens (tertiary/aromatic N) is 4. The Hall–Kier alpha value is -4.57. The summed E-state index contributed by atoms with van der Waals surface area (Å²) >= 11 is 0. The fourth-order valence-corrected chi connectivity index (χ4v) is 4.53. The number of para-hydroxylation sites is 1. The number of benzene rings is 2. The van der Waals surface area contributed by atoms with Crippen molar-refractivity contribution >= 4 is 19.5 Å². The quantitative estimate of drug-likeness (QED) is 0.186. The molecular formula is C29H29N4O7P. The predicted octanol–water partition coefficient (Wildman–Crippen LogP) is 5.80. The third kappa shape index (κ3) is 6.78. The molecule has 11 nitrogen and oxygen atoms in total. The Kier molecular flexibility index (Phi) is 8.11. The molecule has 0 spiro atoms. The van der Waals surface area contributed by atoms with Crippen LogP contribution in [0, 0.1) is 6.92 Å². The van der Waals surface area contributed by atoms with Gasteiger partial charge in [0, 0.05) is 31.2 Å². The van der Waals surface area contributed by atoms with Crippen molar-refractivity contribution < 1.29 is 32.7 Å². The standard InChI is InChI=1S/C29H29N4O7P/c1-20-24(30-29(40-20)26-10-7-14-38-26)19-39-25-12-11-21(16-27(25)37-3)17-32(2)28-22(13-15-41(34,35)36)18-33(31-28)23-8-5-4-6-9-23/h4-16,18H,17,19H2,1-3H3,(H2,34,35,36). The first-order valence-electron chi connectivity index (χ1n) is 12.6. The second-order valence-corrected chi connectivity index (χ2v) is 10.7. The zero-order valence-corrected chi connectivity index (χ0v) is 23.6. The van der Waals surface area contributed by atoms with Gasteiger partial charge in [0.2, 0.25) is 0 Å². The summed E-state index contributed by atoms with van der Waals surface area (Å²) in [6.45, 7) is 2.43. The van der Waals surface area contributed by atoms with E-state index in [1.807, 2.05) is 67.4 Å². The number of methoxy groups -OCH3 is 1. The van der Waals surface area contributed by atoms with Crippen molar-refractivity contribution in [3.8, 4) is 28.8 Å². The molecule has 0 unspecified atom stereocenters. The molecule has 0 radical (unpaired) electrons. The minimum atomic E-state index is -4.35. The van der Waals surface area contributed by atoms with E-state index in [-0.39, 0.29) is 6.61 Å². The average Bonchev–Trinajstić information content (AvgIpc) is 3.71. The van der Waals surface area contributed by atoms with E-state index >= 15 is 0 Å². The lowest BCUT2D eigenvalue weighted by Crippen LogP contribution is -2.18. The highest BCUT2D eigenvalue weighted by Gasteiger charge is 2.18. The van der Waals surface area contributed by atoms with Gasteiger partial charge in [-0.2, -0.15) is 0 Å². The molecule has 0 saturated carbocycles. The molecule has 0 aliphatic rings. The Bertz CT molecular complexity index is 1690. The first-order chi connectivity index (χ1) is 19.7. The molecule has 0 aliphatic carbocycles. The van der Waals surface area contributed by atoms with Crippen molar-refractivity contribution in [3.63, 3.8) is 0 Å². The summed E-state index contributed by atoms with van der Waals surface area (Å²) in [5, 5.41) is 4.69. The van der Waals surface area contributed by atoms with E-state index in [4.69, 9.17) is 18.3 Å². The Morgan fingerprint density at radius 3 is 2.61 bits per heavy atom. The summed E-state index contributed by atoms with van der Waals surface area (Å²) in [5.74, 6) is 4.07. The summed E-state index contributed by atoms with van der Waals surface area (Å²) in [4.78, 5) is 25.1. The molecule has 2 aromatic carbocycles. The van der Waals surface area contributed by atoms with Crippen LogP contribution in [0.1, 0.15) is 22.6 Å². The van der Waals surface area contributed by atoms with Crippen molar-refractivity contribution in [2.75, 3.05) is 19.1 Å². The van der Waals surface area contributed by atoms with Crippen molar-refractivity contribution in [2.24, 2.45) is 0 Å².